The molecule has 28 heavy (non-hydrogen) atoms. The summed E-state index contributed by atoms with van der Waals surface area (Å²) in [7, 11) is -3.16. The van der Waals surface area contributed by atoms with Crippen LogP contribution >= 0.6 is 0 Å². The number of methoxy groups -OCH3 is 1. The summed E-state index contributed by atoms with van der Waals surface area (Å²) < 4.78 is 68.1. The molecule has 0 amide bonds. The Morgan fingerprint density at radius 3 is 2.61 bits per heavy atom. The van der Waals surface area contributed by atoms with Crippen molar-refractivity contribution in [3.63, 3.8) is 0 Å². The second-order valence-corrected chi connectivity index (χ2v) is 5.49. The summed E-state index contributed by atoms with van der Waals surface area (Å²) in [5.74, 6) is -2.11. The summed E-state index contributed by atoms with van der Waals surface area (Å²) >= 11 is 0. The average molecular weight is 397 g/mol. The molecular weight excluding hydrogens is 381 g/mol. The van der Waals surface area contributed by atoms with Crippen molar-refractivity contribution in [2.45, 2.75) is 6.36 Å². The van der Waals surface area contributed by atoms with Crippen LogP contribution in [0.15, 0.2) is 41.3 Å². The highest BCUT2D eigenvalue weighted by Gasteiger charge is 2.31. The van der Waals surface area contributed by atoms with Gasteiger partial charge in [-0.2, -0.15) is 0 Å². The van der Waals surface area contributed by atoms with Gasteiger partial charge in [-0.15, -0.1) is 13.2 Å². The van der Waals surface area contributed by atoms with Crippen LogP contribution in [0.1, 0.15) is 14.5 Å². The van der Waals surface area contributed by atoms with Crippen LogP contribution in [0, 0.1) is 0 Å². The number of hydrogen-bond donors (Lipinski definition) is 2. The summed E-state index contributed by atoms with van der Waals surface area (Å²) in [4.78, 5) is 29.3. The van der Waals surface area contributed by atoms with E-state index in [1.54, 1.807) is 0 Å². The molecule has 8 nitrogen and oxygen atoms in total. The average Bonchev–Trinajstić information content (AvgIpc) is 2.60. The number of nitrogen functional groups attached to an aromatic ring is 2. The molecule has 0 unspecified atom stereocenters. The van der Waals surface area contributed by atoms with Gasteiger partial charge < -0.3 is 20.9 Å². The number of rotatable bonds is 3. The third kappa shape index (κ3) is 3.41. The second kappa shape index (κ2) is 6.76. The van der Waals surface area contributed by atoms with Gasteiger partial charge in [0.2, 0.25) is 0 Å². The van der Waals surface area contributed by atoms with E-state index in [1.165, 1.54) is 12.1 Å². The van der Waals surface area contributed by atoms with E-state index in [2.05, 4.69) is 14.5 Å². The third-order valence-corrected chi connectivity index (χ3v) is 3.75. The van der Waals surface area contributed by atoms with E-state index in [1.807, 2.05) is 0 Å². The van der Waals surface area contributed by atoms with Crippen LogP contribution in [0.5, 0.6) is 5.75 Å². The second-order valence-electron chi connectivity index (χ2n) is 5.49. The van der Waals surface area contributed by atoms with Crippen LogP contribution in [-0.2, 0) is 4.74 Å². The smallest absolute Gasteiger partial charge is 0.465 e. The predicted octanol–water partition coefficient (Wildman–Crippen LogP) is 2.24. The Morgan fingerprint density at radius 1 is 1.25 bits per heavy atom. The monoisotopic (exact) mass is 397 g/mol. The first-order chi connectivity index (χ1) is 14.3. The van der Waals surface area contributed by atoms with Gasteiger partial charge >= 0.3 is 12.3 Å². The Bertz CT molecular complexity index is 1220. The molecular formula is C17H13F3N4O4. The highest BCUT2D eigenvalue weighted by Crippen LogP contribution is 2.31. The Labute approximate surface area is 159 Å². The number of benzene rings is 1. The minimum Gasteiger partial charge on any atom is -0.465 e. The molecule has 3 aromatic rings. The van der Waals surface area contributed by atoms with E-state index in [4.69, 9.17) is 15.6 Å². The van der Waals surface area contributed by atoms with Crippen LogP contribution in [0.2, 0.25) is 0 Å². The number of alkyl halides is 3. The van der Waals surface area contributed by atoms with Crippen LogP contribution < -0.4 is 21.8 Å². The molecule has 0 aliphatic rings. The van der Waals surface area contributed by atoms with Gasteiger partial charge in [0.25, 0.3) is 5.56 Å². The van der Waals surface area contributed by atoms with Crippen molar-refractivity contribution in [2.24, 2.45) is 0 Å². The summed E-state index contributed by atoms with van der Waals surface area (Å²) in [6.07, 6.45) is -3.88. The number of esters is 1. The molecule has 2 heterocycles. The van der Waals surface area contributed by atoms with E-state index in [9.17, 15) is 22.8 Å². The van der Waals surface area contributed by atoms with Crippen molar-refractivity contribution < 1.29 is 31.6 Å². The van der Waals surface area contributed by atoms with Crippen molar-refractivity contribution in [3.8, 4) is 11.4 Å². The van der Waals surface area contributed by atoms with Crippen LogP contribution in [0.3, 0.4) is 0 Å². The topological polar surface area (TPSA) is 122 Å². The first-order valence-corrected chi connectivity index (χ1v) is 7.46. The normalized spacial score (nSPS) is 13.5. The van der Waals surface area contributed by atoms with Crippen molar-refractivity contribution in [3.05, 3.63) is 52.4 Å². The van der Waals surface area contributed by atoms with Gasteiger partial charge in [0.1, 0.15) is 17.1 Å². The number of halogens is 3. The van der Waals surface area contributed by atoms with Crippen LogP contribution in [-0.4, -0.2) is 28.9 Å². The number of hydrogen-bond acceptors (Lipinski definition) is 7. The molecule has 0 aliphatic carbocycles. The molecule has 0 saturated heterocycles. The lowest BCUT2D eigenvalue weighted by molar-refractivity contribution is -0.274. The lowest BCUT2D eigenvalue weighted by Crippen LogP contribution is -2.28. The maximum atomic E-state index is 13.1. The minimum absolute atomic E-state index is 0.0105. The Morgan fingerprint density at radius 2 is 2.00 bits per heavy atom. The Hall–Kier alpha value is -3.76. The molecule has 0 bridgehead atoms. The zero-order valence-electron chi connectivity index (χ0n) is 16.8. The number of carbonyl (C=O) groups is 1. The van der Waals surface area contributed by atoms with E-state index in [0.29, 0.717) is 0 Å². The Balaban J connectivity index is 2.36. The number of nitrogens with two attached hydrogens (primary N) is 2. The number of carbonyl (C=O) groups excluding carboxylic acids is 1. The molecule has 3 rings (SSSR count). The van der Waals surface area contributed by atoms with Crippen molar-refractivity contribution in [2.75, 3.05) is 18.5 Å². The van der Waals surface area contributed by atoms with Crippen molar-refractivity contribution in [1.29, 1.82) is 0 Å². The number of ether oxygens (including phenoxy) is 2. The summed E-state index contributed by atoms with van der Waals surface area (Å²) in [5, 5.41) is -0.0385. The lowest BCUT2D eigenvalue weighted by atomic mass is 10.1. The fraction of sp³-hybridized carbons (Fsp3) is 0.118. The van der Waals surface area contributed by atoms with E-state index in [-0.39, 0.29) is 22.4 Å². The fourth-order valence-corrected chi connectivity index (χ4v) is 2.63. The van der Waals surface area contributed by atoms with Gasteiger partial charge in [-0.25, -0.2) is 9.78 Å². The van der Waals surface area contributed by atoms with Crippen molar-refractivity contribution >= 4 is 28.4 Å². The SMILES string of the molecule is [2H]C([2H])([2H])OC(=O)c1c(N)c2ccc(OC(F)(F)F)cc2n(-c2ccc(N)nc2)c1=O. The summed E-state index contributed by atoms with van der Waals surface area (Å²) in [6.45, 7) is 0. The number of pyridine rings is 2. The first kappa shape index (κ1) is 15.3. The molecule has 2 aromatic heterocycles. The number of nitrogens with zero attached hydrogens (tertiary/aromatic N) is 2. The molecule has 0 fully saturated rings. The molecule has 0 atom stereocenters. The van der Waals surface area contributed by atoms with Gasteiger partial charge in [-0.3, -0.25) is 9.36 Å². The summed E-state index contributed by atoms with van der Waals surface area (Å²) in [5.41, 5.74) is 8.82. The van der Waals surface area contributed by atoms with E-state index in [0.717, 1.165) is 29.0 Å². The maximum absolute atomic E-state index is 13.1. The highest BCUT2D eigenvalue weighted by atomic mass is 19.4. The number of fused-ring (bicyclic) bond motifs is 1. The maximum Gasteiger partial charge on any atom is 0.573 e. The molecule has 0 radical (unpaired) electrons. The van der Waals surface area contributed by atoms with Gasteiger partial charge in [0.05, 0.1) is 34.2 Å². The van der Waals surface area contributed by atoms with Gasteiger partial charge in [0.15, 0.2) is 0 Å². The molecule has 1 aromatic carbocycles. The van der Waals surface area contributed by atoms with Gasteiger partial charge in [0, 0.05) is 11.5 Å². The lowest BCUT2D eigenvalue weighted by Gasteiger charge is -2.16. The van der Waals surface area contributed by atoms with E-state index < -0.39 is 41.9 Å². The zero-order valence-corrected chi connectivity index (χ0v) is 13.8. The highest BCUT2D eigenvalue weighted by molar-refractivity contribution is 6.04. The fourth-order valence-electron chi connectivity index (χ4n) is 2.63. The van der Waals surface area contributed by atoms with Gasteiger partial charge in [-0.05, 0) is 24.3 Å². The van der Waals surface area contributed by atoms with E-state index >= 15 is 0 Å². The van der Waals surface area contributed by atoms with Crippen LogP contribution in [0.4, 0.5) is 24.7 Å². The summed E-state index contributed by atoms with van der Waals surface area (Å²) in [6, 6.07) is 5.51. The van der Waals surface area contributed by atoms with Crippen molar-refractivity contribution in [1.82, 2.24) is 9.55 Å². The number of anilines is 2. The Kier molecular flexibility index (Phi) is 3.70. The molecule has 0 spiro atoms. The molecule has 0 aliphatic heterocycles. The standard InChI is InChI=1S/C17H13F3N4O4/c1-27-16(26)13-14(22)10-4-3-9(28-17(18,19)20)6-11(10)24(15(13)25)8-2-5-12(21)23-7-8/h2-7H,22H2,1H3,(H2,21,23)/i1D3. The van der Waals surface area contributed by atoms with Crippen LogP contribution in [0.25, 0.3) is 16.6 Å². The quantitative estimate of drug-likeness (QED) is 0.650. The number of aromatic nitrogens is 2. The molecule has 0 saturated carbocycles. The predicted molar refractivity (Wildman–Crippen MR) is 94.2 cm³/mol. The first-order valence-electron chi connectivity index (χ1n) is 8.96. The zero-order chi connectivity index (χ0) is 23.1. The molecule has 4 N–H and O–H groups in total. The largest absolute Gasteiger partial charge is 0.573 e. The minimum atomic E-state index is -5.00. The third-order valence-electron chi connectivity index (χ3n) is 3.75. The molecule has 11 heteroatoms. The van der Waals surface area contributed by atoms with Gasteiger partial charge in [-0.1, -0.05) is 0 Å². The molecule has 146 valence electrons.